The molecule has 1 amide bonds. The second kappa shape index (κ2) is 7.84. The molecule has 124 valence electrons. The average Bonchev–Trinajstić information content (AvgIpc) is 2.89. The standard InChI is InChI=1S/C18H22ClNO2S/c1-11(2)15-10-23-17(16(15)12(3)4)20-18(21)22-9-13-6-5-7-14(19)8-13/h5-8,10-12H,9H2,1-4H3,(H,20,21). The molecule has 0 aliphatic carbocycles. The molecule has 23 heavy (non-hydrogen) atoms. The normalized spacial score (nSPS) is 11.1. The Balaban J connectivity index is 2.03. The molecule has 0 aliphatic heterocycles. The summed E-state index contributed by atoms with van der Waals surface area (Å²) in [7, 11) is 0. The van der Waals surface area contributed by atoms with E-state index in [9.17, 15) is 4.79 Å². The molecule has 0 radical (unpaired) electrons. The zero-order valence-electron chi connectivity index (χ0n) is 13.9. The number of carbonyl (C=O) groups excluding carboxylic acids is 1. The second-order valence-electron chi connectivity index (χ2n) is 6.07. The van der Waals surface area contributed by atoms with Crippen LogP contribution in [-0.2, 0) is 11.3 Å². The molecular formula is C18H22ClNO2S. The van der Waals surface area contributed by atoms with Crippen molar-refractivity contribution in [2.45, 2.75) is 46.1 Å². The highest BCUT2D eigenvalue weighted by Crippen LogP contribution is 2.38. The zero-order valence-corrected chi connectivity index (χ0v) is 15.4. The van der Waals surface area contributed by atoms with Gasteiger partial charge in [-0.25, -0.2) is 4.79 Å². The van der Waals surface area contributed by atoms with Gasteiger partial charge >= 0.3 is 6.09 Å². The van der Waals surface area contributed by atoms with Crippen molar-refractivity contribution in [1.29, 1.82) is 0 Å². The maximum atomic E-state index is 12.1. The maximum Gasteiger partial charge on any atom is 0.412 e. The topological polar surface area (TPSA) is 38.3 Å². The van der Waals surface area contributed by atoms with Gasteiger partial charge in [-0.1, -0.05) is 51.4 Å². The SMILES string of the molecule is CC(C)c1csc(NC(=O)OCc2cccc(Cl)c2)c1C(C)C. The van der Waals surface area contributed by atoms with Crippen molar-refractivity contribution in [3.05, 3.63) is 51.4 Å². The summed E-state index contributed by atoms with van der Waals surface area (Å²) in [5.74, 6) is 0.781. The minimum absolute atomic E-state index is 0.200. The predicted octanol–water partition coefficient (Wildman–Crippen LogP) is 6.40. The van der Waals surface area contributed by atoms with Crippen LogP contribution in [0.25, 0.3) is 0 Å². The molecule has 0 atom stereocenters. The number of carbonyl (C=O) groups is 1. The molecule has 0 spiro atoms. The first kappa shape index (κ1) is 17.8. The number of hydrogen-bond donors (Lipinski definition) is 1. The highest BCUT2D eigenvalue weighted by atomic mass is 35.5. The van der Waals surface area contributed by atoms with Crippen LogP contribution >= 0.6 is 22.9 Å². The third kappa shape index (κ3) is 4.72. The lowest BCUT2D eigenvalue weighted by molar-refractivity contribution is 0.155. The molecule has 0 bridgehead atoms. The van der Waals surface area contributed by atoms with Crippen LogP contribution in [0.5, 0.6) is 0 Å². The molecule has 0 unspecified atom stereocenters. The quantitative estimate of drug-likeness (QED) is 0.677. The van der Waals surface area contributed by atoms with Crippen LogP contribution in [0.1, 0.15) is 56.2 Å². The van der Waals surface area contributed by atoms with E-state index in [1.54, 1.807) is 23.5 Å². The molecule has 0 saturated carbocycles. The largest absolute Gasteiger partial charge is 0.444 e. The number of anilines is 1. The summed E-state index contributed by atoms with van der Waals surface area (Å²) in [5, 5.41) is 6.50. The summed E-state index contributed by atoms with van der Waals surface area (Å²) in [6.07, 6.45) is -0.441. The minimum Gasteiger partial charge on any atom is -0.444 e. The maximum absolute atomic E-state index is 12.1. The summed E-state index contributed by atoms with van der Waals surface area (Å²) in [4.78, 5) is 12.1. The van der Waals surface area contributed by atoms with Crippen LogP contribution in [0.4, 0.5) is 9.80 Å². The summed E-state index contributed by atoms with van der Waals surface area (Å²) in [6, 6.07) is 7.29. The first-order valence-corrected chi connectivity index (χ1v) is 8.93. The number of hydrogen-bond acceptors (Lipinski definition) is 3. The number of benzene rings is 1. The van der Waals surface area contributed by atoms with E-state index in [-0.39, 0.29) is 6.61 Å². The first-order valence-electron chi connectivity index (χ1n) is 7.68. The van der Waals surface area contributed by atoms with E-state index in [0.717, 1.165) is 10.6 Å². The molecular weight excluding hydrogens is 330 g/mol. The Bertz CT molecular complexity index is 679. The molecule has 1 aromatic carbocycles. The second-order valence-corrected chi connectivity index (χ2v) is 7.39. The minimum atomic E-state index is -0.441. The van der Waals surface area contributed by atoms with Gasteiger partial charge in [-0.3, -0.25) is 5.32 Å². The van der Waals surface area contributed by atoms with Crippen LogP contribution in [0.15, 0.2) is 29.6 Å². The van der Waals surface area contributed by atoms with Crippen LogP contribution < -0.4 is 5.32 Å². The molecule has 0 fully saturated rings. The molecule has 2 aromatic rings. The predicted molar refractivity (Wildman–Crippen MR) is 97.8 cm³/mol. The highest BCUT2D eigenvalue weighted by Gasteiger charge is 2.19. The Morgan fingerprint density at radius 2 is 2.00 bits per heavy atom. The van der Waals surface area contributed by atoms with Crippen molar-refractivity contribution in [2.75, 3.05) is 5.32 Å². The Labute approximate surface area is 146 Å². The van der Waals surface area contributed by atoms with Crippen molar-refractivity contribution in [2.24, 2.45) is 0 Å². The fraction of sp³-hybridized carbons (Fsp3) is 0.389. The summed E-state index contributed by atoms with van der Waals surface area (Å²) >= 11 is 7.48. The van der Waals surface area contributed by atoms with E-state index in [4.69, 9.17) is 16.3 Å². The van der Waals surface area contributed by atoms with Gasteiger partial charge in [-0.05, 0) is 46.0 Å². The van der Waals surface area contributed by atoms with Crippen LogP contribution in [0, 0.1) is 0 Å². The van der Waals surface area contributed by atoms with Gasteiger partial charge in [0, 0.05) is 5.02 Å². The summed E-state index contributed by atoms with van der Waals surface area (Å²) in [5.41, 5.74) is 3.35. The van der Waals surface area contributed by atoms with Crippen molar-refractivity contribution >= 4 is 34.0 Å². The molecule has 1 N–H and O–H groups in total. The van der Waals surface area contributed by atoms with Gasteiger partial charge in [0.05, 0.1) is 0 Å². The van der Waals surface area contributed by atoms with E-state index in [1.165, 1.54) is 11.1 Å². The lowest BCUT2D eigenvalue weighted by atomic mass is 9.94. The lowest BCUT2D eigenvalue weighted by Crippen LogP contribution is -2.14. The molecule has 0 aliphatic rings. The number of ether oxygens (including phenoxy) is 1. The van der Waals surface area contributed by atoms with Crippen LogP contribution in [-0.4, -0.2) is 6.09 Å². The first-order chi connectivity index (χ1) is 10.9. The van der Waals surface area contributed by atoms with E-state index in [0.29, 0.717) is 16.9 Å². The Morgan fingerprint density at radius 1 is 1.26 bits per heavy atom. The van der Waals surface area contributed by atoms with Gasteiger partial charge in [0.15, 0.2) is 0 Å². The number of rotatable bonds is 5. The number of amides is 1. The summed E-state index contributed by atoms with van der Waals surface area (Å²) in [6.45, 7) is 8.79. The molecule has 0 saturated heterocycles. The van der Waals surface area contributed by atoms with E-state index < -0.39 is 6.09 Å². The van der Waals surface area contributed by atoms with Gasteiger partial charge < -0.3 is 4.74 Å². The van der Waals surface area contributed by atoms with Crippen molar-refractivity contribution in [1.82, 2.24) is 0 Å². The number of halogens is 1. The average molecular weight is 352 g/mol. The highest BCUT2D eigenvalue weighted by molar-refractivity contribution is 7.14. The summed E-state index contributed by atoms with van der Waals surface area (Å²) < 4.78 is 5.29. The molecule has 1 heterocycles. The Morgan fingerprint density at radius 3 is 2.61 bits per heavy atom. The fourth-order valence-electron chi connectivity index (χ4n) is 2.42. The third-order valence-electron chi connectivity index (χ3n) is 3.53. The number of nitrogens with one attached hydrogen (secondary N) is 1. The smallest absolute Gasteiger partial charge is 0.412 e. The van der Waals surface area contributed by atoms with Crippen molar-refractivity contribution in [3.8, 4) is 0 Å². The zero-order chi connectivity index (χ0) is 17.0. The molecule has 2 rings (SSSR count). The van der Waals surface area contributed by atoms with Gasteiger partial charge in [-0.2, -0.15) is 0 Å². The van der Waals surface area contributed by atoms with Gasteiger partial charge in [0.1, 0.15) is 11.6 Å². The van der Waals surface area contributed by atoms with Gasteiger partial charge in [0.2, 0.25) is 0 Å². The van der Waals surface area contributed by atoms with Gasteiger partial charge in [-0.15, -0.1) is 11.3 Å². The van der Waals surface area contributed by atoms with Crippen molar-refractivity contribution < 1.29 is 9.53 Å². The van der Waals surface area contributed by atoms with Crippen molar-refractivity contribution in [3.63, 3.8) is 0 Å². The fourth-order valence-corrected chi connectivity index (χ4v) is 3.90. The molecule has 5 heteroatoms. The van der Waals surface area contributed by atoms with Crippen LogP contribution in [0.3, 0.4) is 0 Å². The Kier molecular flexibility index (Phi) is 6.08. The van der Waals surface area contributed by atoms with E-state index in [2.05, 4.69) is 38.4 Å². The Hall–Kier alpha value is -1.52. The van der Waals surface area contributed by atoms with E-state index in [1.807, 2.05) is 12.1 Å². The van der Waals surface area contributed by atoms with E-state index >= 15 is 0 Å². The van der Waals surface area contributed by atoms with Gasteiger partial charge in [0.25, 0.3) is 0 Å². The molecule has 1 aromatic heterocycles. The lowest BCUT2D eigenvalue weighted by Gasteiger charge is -2.14. The monoisotopic (exact) mass is 351 g/mol. The third-order valence-corrected chi connectivity index (χ3v) is 4.70. The van der Waals surface area contributed by atoms with Crippen LogP contribution in [0.2, 0.25) is 5.02 Å². The number of thiophene rings is 1. The molecule has 3 nitrogen and oxygen atoms in total.